The van der Waals surface area contributed by atoms with Gasteiger partial charge in [0.1, 0.15) is 11.3 Å². The number of hydrogen-bond donors (Lipinski definition) is 1. The Morgan fingerprint density at radius 2 is 2.29 bits per heavy atom. The van der Waals surface area contributed by atoms with E-state index >= 15 is 0 Å². The Morgan fingerprint density at radius 1 is 1.53 bits per heavy atom. The Hall–Kier alpha value is -1.71. The van der Waals surface area contributed by atoms with E-state index < -0.39 is 5.97 Å². The van der Waals surface area contributed by atoms with E-state index in [1.165, 1.54) is 20.0 Å². The zero-order valence-corrected chi connectivity index (χ0v) is 10.1. The molecular formula is C13H17NO3. The Bertz CT molecular complexity index is 431. The summed E-state index contributed by atoms with van der Waals surface area (Å²) in [5.41, 5.74) is 1.25. The molecular weight excluding hydrogens is 218 g/mol. The molecule has 1 unspecified atom stereocenters. The topological polar surface area (TPSA) is 49.8 Å². The third-order valence-electron chi connectivity index (χ3n) is 3.30. The van der Waals surface area contributed by atoms with E-state index in [1.54, 1.807) is 6.07 Å². The first-order valence-corrected chi connectivity index (χ1v) is 5.81. The molecule has 0 saturated carbocycles. The highest BCUT2D eigenvalue weighted by atomic mass is 16.5. The highest BCUT2D eigenvalue weighted by molar-refractivity contribution is 5.91. The molecule has 0 radical (unpaired) electrons. The lowest BCUT2D eigenvalue weighted by Gasteiger charge is -2.24. The molecule has 1 N–H and O–H groups in total. The van der Waals surface area contributed by atoms with E-state index in [1.807, 2.05) is 12.1 Å². The number of aromatic carboxylic acids is 1. The minimum absolute atomic E-state index is 0.211. The lowest BCUT2D eigenvalue weighted by Crippen LogP contribution is -2.26. The molecule has 92 valence electrons. The molecule has 1 aromatic rings. The zero-order chi connectivity index (χ0) is 12.4. The summed E-state index contributed by atoms with van der Waals surface area (Å²) in [5, 5.41) is 9.01. The van der Waals surface area contributed by atoms with Crippen LogP contribution in [0.3, 0.4) is 0 Å². The molecule has 0 bridgehead atoms. The maximum atomic E-state index is 11.0. The number of carboxylic acid groups (broad SMARTS) is 1. The number of rotatable bonds is 3. The van der Waals surface area contributed by atoms with E-state index in [-0.39, 0.29) is 5.56 Å². The van der Waals surface area contributed by atoms with Crippen LogP contribution in [0.5, 0.6) is 5.75 Å². The van der Waals surface area contributed by atoms with Crippen LogP contribution in [0.15, 0.2) is 18.2 Å². The summed E-state index contributed by atoms with van der Waals surface area (Å²) in [6.07, 6.45) is 2.37. The summed E-state index contributed by atoms with van der Waals surface area (Å²) in [6.45, 7) is 3.21. The number of carboxylic acids is 1. The summed E-state index contributed by atoms with van der Waals surface area (Å²) in [6, 6.07) is 5.79. The summed E-state index contributed by atoms with van der Waals surface area (Å²) < 4.78 is 5.13. The van der Waals surface area contributed by atoms with Gasteiger partial charge in [0.25, 0.3) is 0 Å². The van der Waals surface area contributed by atoms with Gasteiger partial charge in [-0.3, -0.25) is 0 Å². The molecule has 1 heterocycles. The predicted molar refractivity (Wildman–Crippen MR) is 66.0 cm³/mol. The number of benzene rings is 1. The van der Waals surface area contributed by atoms with Crippen molar-refractivity contribution in [3.8, 4) is 5.75 Å². The average Bonchev–Trinajstić information content (AvgIpc) is 2.74. The molecule has 4 heteroatoms. The quantitative estimate of drug-likeness (QED) is 0.873. The van der Waals surface area contributed by atoms with Crippen LogP contribution in [0.4, 0.5) is 5.69 Å². The van der Waals surface area contributed by atoms with Gasteiger partial charge in [0, 0.05) is 24.3 Å². The maximum Gasteiger partial charge on any atom is 0.339 e. The van der Waals surface area contributed by atoms with Crippen LogP contribution in [0.25, 0.3) is 0 Å². The second-order valence-electron chi connectivity index (χ2n) is 4.37. The van der Waals surface area contributed by atoms with Gasteiger partial charge in [0.15, 0.2) is 0 Å². The first kappa shape index (κ1) is 11.8. The molecule has 1 atom stereocenters. The van der Waals surface area contributed by atoms with Crippen molar-refractivity contribution >= 4 is 11.7 Å². The van der Waals surface area contributed by atoms with Crippen LogP contribution in [-0.4, -0.2) is 30.8 Å². The highest BCUT2D eigenvalue weighted by Gasteiger charge is 2.22. The molecule has 1 saturated heterocycles. The molecule has 0 amide bonds. The van der Waals surface area contributed by atoms with Crippen molar-refractivity contribution in [1.29, 1.82) is 0 Å². The molecule has 2 rings (SSSR count). The minimum Gasteiger partial charge on any atom is -0.496 e. The van der Waals surface area contributed by atoms with Crippen LogP contribution >= 0.6 is 0 Å². The fraction of sp³-hybridized carbons (Fsp3) is 0.462. The Morgan fingerprint density at radius 3 is 2.82 bits per heavy atom. The standard InChI is InChI=1S/C13H17NO3/c1-9-4-3-7-14(9)10-5-6-11(13(15)16)12(8-10)17-2/h5-6,8-9H,3-4,7H2,1-2H3,(H,15,16). The number of carbonyl (C=O) groups is 1. The smallest absolute Gasteiger partial charge is 0.339 e. The van der Waals surface area contributed by atoms with E-state index in [4.69, 9.17) is 9.84 Å². The number of hydrogen-bond acceptors (Lipinski definition) is 3. The van der Waals surface area contributed by atoms with Gasteiger partial charge >= 0.3 is 5.97 Å². The summed E-state index contributed by atoms with van der Waals surface area (Å²) in [7, 11) is 1.50. The van der Waals surface area contributed by atoms with Crippen molar-refractivity contribution < 1.29 is 14.6 Å². The van der Waals surface area contributed by atoms with Gasteiger partial charge in [-0.1, -0.05) is 0 Å². The minimum atomic E-state index is -0.956. The van der Waals surface area contributed by atoms with Gasteiger partial charge in [0.05, 0.1) is 7.11 Å². The van der Waals surface area contributed by atoms with Gasteiger partial charge in [-0.25, -0.2) is 4.79 Å². The lowest BCUT2D eigenvalue weighted by atomic mass is 10.1. The molecule has 1 aliphatic rings. The van der Waals surface area contributed by atoms with Crippen LogP contribution < -0.4 is 9.64 Å². The monoisotopic (exact) mass is 235 g/mol. The van der Waals surface area contributed by atoms with Gasteiger partial charge in [-0.2, -0.15) is 0 Å². The summed E-state index contributed by atoms with van der Waals surface area (Å²) in [4.78, 5) is 13.3. The molecule has 0 aromatic heterocycles. The van der Waals surface area contributed by atoms with Gasteiger partial charge in [0.2, 0.25) is 0 Å². The highest BCUT2D eigenvalue weighted by Crippen LogP contribution is 2.30. The molecule has 0 spiro atoms. The third kappa shape index (κ3) is 2.20. The molecule has 0 aliphatic carbocycles. The van der Waals surface area contributed by atoms with Crippen molar-refractivity contribution in [2.24, 2.45) is 0 Å². The first-order valence-electron chi connectivity index (χ1n) is 5.81. The second kappa shape index (κ2) is 4.65. The molecule has 1 aliphatic heterocycles. The van der Waals surface area contributed by atoms with Crippen molar-refractivity contribution in [2.75, 3.05) is 18.6 Å². The lowest BCUT2D eigenvalue weighted by molar-refractivity contribution is 0.0693. The largest absolute Gasteiger partial charge is 0.496 e. The van der Waals surface area contributed by atoms with Crippen LogP contribution in [-0.2, 0) is 0 Å². The Balaban J connectivity index is 2.34. The number of nitrogens with zero attached hydrogens (tertiary/aromatic N) is 1. The van der Waals surface area contributed by atoms with Crippen molar-refractivity contribution in [1.82, 2.24) is 0 Å². The summed E-state index contributed by atoms with van der Waals surface area (Å²) in [5.74, 6) is -0.531. The molecule has 17 heavy (non-hydrogen) atoms. The van der Waals surface area contributed by atoms with Crippen LogP contribution in [0, 0.1) is 0 Å². The zero-order valence-electron chi connectivity index (χ0n) is 10.1. The maximum absolute atomic E-state index is 11.0. The molecule has 1 fully saturated rings. The van der Waals surface area contributed by atoms with E-state index in [9.17, 15) is 4.79 Å². The average molecular weight is 235 g/mol. The molecule has 1 aromatic carbocycles. The van der Waals surface area contributed by atoms with E-state index in [0.717, 1.165) is 12.2 Å². The van der Waals surface area contributed by atoms with Gasteiger partial charge < -0.3 is 14.7 Å². The number of ether oxygens (including phenoxy) is 1. The predicted octanol–water partition coefficient (Wildman–Crippen LogP) is 2.38. The van der Waals surface area contributed by atoms with E-state index in [2.05, 4.69) is 11.8 Å². The van der Waals surface area contributed by atoms with Crippen molar-refractivity contribution in [2.45, 2.75) is 25.8 Å². The van der Waals surface area contributed by atoms with E-state index in [0.29, 0.717) is 11.8 Å². The number of methoxy groups -OCH3 is 1. The van der Waals surface area contributed by atoms with Gasteiger partial charge in [-0.05, 0) is 31.9 Å². The fourth-order valence-corrected chi connectivity index (χ4v) is 2.35. The van der Waals surface area contributed by atoms with Crippen molar-refractivity contribution in [3.63, 3.8) is 0 Å². The Labute approximate surface area is 101 Å². The summed E-state index contributed by atoms with van der Waals surface area (Å²) >= 11 is 0. The van der Waals surface area contributed by atoms with Gasteiger partial charge in [-0.15, -0.1) is 0 Å². The third-order valence-corrected chi connectivity index (χ3v) is 3.30. The van der Waals surface area contributed by atoms with Crippen molar-refractivity contribution in [3.05, 3.63) is 23.8 Å². The SMILES string of the molecule is COc1cc(N2CCCC2C)ccc1C(=O)O. The second-order valence-corrected chi connectivity index (χ2v) is 4.37. The van der Waals surface area contributed by atoms with Crippen LogP contribution in [0.1, 0.15) is 30.1 Å². The first-order chi connectivity index (χ1) is 8.13. The van der Waals surface area contributed by atoms with Crippen LogP contribution in [0.2, 0.25) is 0 Å². The number of anilines is 1. The molecule has 4 nitrogen and oxygen atoms in total. The normalized spacial score (nSPS) is 19.4. The fourth-order valence-electron chi connectivity index (χ4n) is 2.35. The Kier molecular flexibility index (Phi) is 3.22.